The average Bonchev–Trinajstić information content (AvgIpc) is 2.37. The number of hydrogen-bond acceptors (Lipinski definition) is 1. The Balaban J connectivity index is 2.92. The van der Waals surface area contributed by atoms with Gasteiger partial charge < -0.3 is 4.90 Å². The molecule has 118 valence electrons. The van der Waals surface area contributed by atoms with Crippen molar-refractivity contribution in [3.05, 3.63) is 35.4 Å². The Hall–Kier alpha value is -1.45. The fourth-order valence-electron chi connectivity index (χ4n) is 2.10. The molecule has 21 heavy (non-hydrogen) atoms. The Morgan fingerprint density at radius 1 is 1.24 bits per heavy atom. The first-order valence-electron chi connectivity index (χ1n) is 7.37. The molecule has 0 aliphatic rings. The van der Waals surface area contributed by atoms with Gasteiger partial charge in [-0.1, -0.05) is 33.8 Å². The lowest BCUT2D eigenvalue weighted by Crippen LogP contribution is -2.39. The first-order chi connectivity index (χ1) is 9.64. The summed E-state index contributed by atoms with van der Waals surface area (Å²) in [6.45, 7) is 10.3. The zero-order valence-corrected chi connectivity index (χ0v) is 13.5. The predicted octanol–water partition coefficient (Wildman–Crippen LogP) is 4.53. The Morgan fingerprint density at radius 3 is 2.33 bits per heavy atom. The molecule has 0 spiro atoms. The van der Waals surface area contributed by atoms with Crippen LogP contribution in [0, 0.1) is 17.0 Å². The third kappa shape index (κ3) is 5.44. The Kier molecular flexibility index (Phi) is 5.87. The van der Waals surface area contributed by atoms with Crippen LogP contribution in [0.15, 0.2) is 18.2 Å². The van der Waals surface area contributed by atoms with E-state index in [9.17, 15) is 13.6 Å². The monoisotopic (exact) mass is 297 g/mol. The Labute approximate surface area is 126 Å². The number of carbonyl (C=O) groups is 1. The van der Waals surface area contributed by atoms with Gasteiger partial charge in [-0.3, -0.25) is 4.79 Å². The van der Waals surface area contributed by atoms with Gasteiger partial charge in [0.2, 0.25) is 5.91 Å². The van der Waals surface area contributed by atoms with Crippen molar-refractivity contribution in [2.75, 3.05) is 0 Å². The maximum Gasteiger partial charge on any atom is 0.223 e. The molecule has 1 atom stereocenters. The Morgan fingerprint density at radius 2 is 1.86 bits per heavy atom. The SMILES string of the molecule is CCC(C)N(Cc1ccc(F)c(F)c1)C(=O)CC(C)(C)C. The van der Waals surface area contributed by atoms with Gasteiger partial charge in [-0.25, -0.2) is 8.78 Å². The van der Waals surface area contributed by atoms with Gasteiger partial charge in [-0.15, -0.1) is 0 Å². The summed E-state index contributed by atoms with van der Waals surface area (Å²) in [5.74, 6) is -1.70. The van der Waals surface area contributed by atoms with Crippen molar-refractivity contribution in [1.29, 1.82) is 0 Å². The van der Waals surface area contributed by atoms with Gasteiger partial charge in [0.25, 0.3) is 0 Å². The topological polar surface area (TPSA) is 20.3 Å². The van der Waals surface area contributed by atoms with Crippen LogP contribution in [0.5, 0.6) is 0 Å². The van der Waals surface area contributed by atoms with Gasteiger partial charge in [0.1, 0.15) is 0 Å². The van der Waals surface area contributed by atoms with Crippen molar-refractivity contribution < 1.29 is 13.6 Å². The van der Waals surface area contributed by atoms with Crippen LogP contribution < -0.4 is 0 Å². The molecule has 2 nitrogen and oxygen atoms in total. The molecule has 0 saturated heterocycles. The normalized spacial score (nSPS) is 13.1. The molecule has 1 rings (SSSR count). The van der Waals surface area contributed by atoms with Gasteiger partial charge in [0, 0.05) is 19.0 Å². The lowest BCUT2D eigenvalue weighted by atomic mass is 9.91. The molecule has 0 heterocycles. The molecule has 0 N–H and O–H groups in total. The van der Waals surface area contributed by atoms with E-state index in [1.807, 2.05) is 34.6 Å². The molecule has 1 aromatic carbocycles. The van der Waals surface area contributed by atoms with E-state index >= 15 is 0 Å². The number of hydrogen-bond donors (Lipinski definition) is 0. The minimum atomic E-state index is -0.875. The van der Waals surface area contributed by atoms with Crippen molar-refractivity contribution in [3.8, 4) is 0 Å². The van der Waals surface area contributed by atoms with E-state index in [1.165, 1.54) is 6.07 Å². The number of rotatable bonds is 5. The van der Waals surface area contributed by atoms with Crippen LogP contribution in [0.25, 0.3) is 0 Å². The fraction of sp³-hybridized carbons (Fsp3) is 0.588. The van der Waals surface area contributed by atoms with Crippen LogP contribution in [0.3, 0.4) is 0 Å². The van der Waals surface area contributed by atoms with E-state index in [2.05, 4.69) is 0 Å². The third-order valence-electron chi connectivity index (χ3n) is 3.46. The van der Waals surface area contributed by atoms with E-state index < -0.39 is 11.6 Å². The molecule has 0 aromatic heterocycles. The Bertz CT molecular complexity index is 494. The van der Waals surface area contributed by atoms with Gasteiger partial charge in [0.05, 0.1) is 0 Å². The van der Waals surface area contributed by atoms with Gasteiger partial charge in [-0.2, -0.15) is 0 Å². The second-order valence-electron chi connectivity index (χ2n) is 6.76. The maximum absolute atomic E-state index is 13.3. The molecule has 0 radical (unpaired) electrons. The molecule has 0 fully saturated rings. The summed E-state index contributed by atoms with van der Waals surface area (Å²) >= 11 is 0. The first kappa shape index (κ1) is 17.6. The van der Waals surface area contributed by atoms with Crippen LogP contribution in [0.1, 0.15) is 53.0 Å². The minimum absolute atomic E-state index is 0.0431. The summed E-state index contributed by atoms with van der Waals surface area (Å²) in [4.78, 5) is 14.2. The van der Waals surface area contributed by atoms with E-state index in [0.717, 1.165) is 18.6 Å². The summed E-state index contributed by atoms with van der Waals surface area (Å²) < 4.78 is 26.3. The summed E-state index contributed by atoms with van der Waals surface area (Å²) in [6.07, 6.45) is 1.25. The third-order valence-corrected chi connectivity index (χ3v) is 3.46. The lowest BCUT2D eigenvalue weighted by Gasteiger charge is -2.31. The van der Waals surface area contributed by atoms with Crippen LogP contribution in [0.2, 0.25) is 0 Å². The van der Waals surface area contributed by atoms with Crippen molar-refractivity contribution >= 4 is 5.91 Å². The zero-order valence-electron chi connectivity index (χ0n) is 13.5. The van der Waals surface area contributed by atoms with Crippen molar-refractivity contribution in [3.63, 3.8) is 0 Å². The van der Waals surface area contributed by atoms with E-state index in [1.54, 1.807) is 4.90 Å². The molecule has 1 aromatic rings. The molecule has 4 heteroatoms. The van der Waals surface area contributed by atoms with Gasteiger partial charge in [-0.05, 0) is 36.5 Å². The van der Waals surface area contributed by atoms with Crippen molar-refractivity contribution in [2.24, 2.45) is 5.41 Å². The summed E-state index contributed by atoms with van der Waals surface area (Å²) in [7, 11) is 0. The molecule has 1 unspecified atom stereocenters. The summed E-state index contributed by atoms with van der Waals surface area (Å²) in [6, 6.07) is 3.86. The first-order valence-corrected chi connectivity index (χ1v) is 7.37. The largest absolute Gasteiger partial charge is 0.336 e. The average molecular weight is 297 g/mol. The van der Waals surface area contributed by atoms with Crippen LogP contribution >= 0.6 is 0 Å². The number of benzene rings is 1. The highest BCUT2D eigenvalue weighted by Crippen LogP contribution is 2.22. The second-order valence-corrected chi connectivity index (χ2v) is 6.76. The maximum atomic E-state index is 13.3. The molecule has 0 saturated carbocycles. The number of nitrogens with zero attached hydrogens (tertiary/aromatic N) is 1. The minimum Gasteiger partial charge on any atom is -0.336 e. The number of carbonyl (C=O) groups excluding carboxylic acids is 1. The molecule has 1 amide bonds. The van der Waals surface area contributed by atoms with E-state index in [-0.39, 0.29) is 17.4 Å². The highest BCUT2D eigenvalue weighted by molar-refractivity contribution is 5.77. The standard InChI is InChI=1S/C17H25F2NO/c1-6-12(2)20(16(21)10-17(3,4)5)11-13-7-8-14(18)15(19)9-13/h7-9,12H,6,10-11H2,1-5H3. The van der Waals surface area contributed by atoms with Crippen LogP contribution in [-0.2, 0) is 11.3 Å². The second kappa shape index (κ2) is 7.01. The molecule has 0 aliphatic carbocycles. The number of halogens is 2. The predicted molar refractivity (Wildman–Crippen MR) is 80.7 cm³/mol. The van der Waals surface area contributed by atoms with E-state index in [0.29, 0.717) is 18.5 Å². The molecule has 0 aliphatic heterocycles. The molecular weight excluding hydrogens is 272 g/mol. The van der Waals surface area contributed by atoms with Crippen LogP contribution in [-0.4, -0.2) is 16.8 Å². The lowest BCUT2D eigenvalue weighted by molar-refractivity contribution is -0.135. The van der Waals surface area contributed by atoms with E-state index in [4.69, 9.17) is 0 Å². The number of amides is 1. The van der Waals surface area contributed by atoms with Gasteiger partial charge in [0.15, 0.2) is 11.6 Å². The smallest absolute Gasteiger partial charge is 0.223 e. The summed E-state index contributed by atoms with van der Waals surface area (Å²) in [5, 5.41) is 0. The molecular formula is C17H25F2NO. The summed E-state index contributed by atoms with van der Waals surface area (Å²) in [5.41, 5.74) is 0.507. The zero-order chi connectivity index (χ0) is 16.2. The van der Waals surface area contributed by atoms with Gasteiger partial charge >= 0.3 is 0 Å². The van der Waals surface area contributed by atoms with Crippen molar-refractivity contribution in [2.45, 2.75) is 60.0 Å². The van der Waals surface area contributed by atoms with Crippen molar-refractivity contribution in [1.82, 2.24) is 4.90 Å². The molecule has 0 bridgehead atoms. The van der Waals surface area contributed by atoms with Crippen LogP contribution in [0.4, 0.5) is 8.78 Å². The highest BCUT2D eigenvalue weighted by Gasteiger charge is 2.24. The quantitative estimate of drug-likeness (QED) is 0.782. The highest BCUT2D eigenvalue weighted by atomic mass is 19.2. The fourth-order valence-corrected chi connectivity index (χ4v) is 2.10.